The van der Waals surface area contributed by atoms with Gasteiger partial charge in [0.1, 0.15) is 16.5 Å². The molecule has 1 aliphatic heterocycles. The van der Waals surface area contributed by atoms with Gasteiger partial charge < -0.3 is 9.64 Å². The lowest BCUT2D eigenvalue weighted by molar-refractivity contribution is 0.0893. The molecule has 2 aromatic carbocycles. The highest BCUT2D eigenvalue weighted by molar-refractivity contribution is 7.92. The predicted molar refractivity (Wildman–Crippen MR) is 95.9 cm³/mol. The van der Waals surface area contributed by atoms with Crippen LogP contribution in [0.3, 0.4) is 0 Å². The number of halogens is 2. The Balaban J connectivity index is 1.75. The summed E-state index contributed by atoms with van der Waals surface area (Å²) in [5.74, 6) is -1.82. The van der Waals surface area contributed by atoms with Crippen LogP contribution in [0.2, 0.25) is 0 Å². The SMILES string of the molecule is COC1CCCN(c2ccc(NS(=O)(=O)c3cc(F)ccc3F)cc2)C1. The number of nitrogens with one attached hydrogen (secondary N) is 1. The van der Waals surface area contributed by atoms with E-state index < -0.39 is 26.6 Å². The molecule has 5 nitrogen and oxygen atoms in total. The van der Waals surface area contributed by atoms with Gasteiger partial charge in [-0.3, -0.25) is 4.72 Å². The summed E-state index contributed by atoms with van der Waals surface area (Å²) in [7, 11) is -2.52. The molecule has 8 heteroatoms. The van der Waals surface area contributed by atoms with Crippen molar-refractivity contribution >= 4 is 21.4 Å². The lowest BCUT2D eigenvalue weighted by Crippen LogP contribution is -2.39. The molecule has 26 heavy (non-hydrogen) atoms. The number of piperidine rings is 1. The summed E-state index contributed by atoms with van der Waals surface area (Å²) < 4.78 is 59.3. The molecule has 0 spiro atoms. The first kappa shape index (κ1) is 18.6. The Hall–Kier alpha value is -2.19. The molecule has 1 fully saturated rings. The number of rotatable bonds is 5. The Morgan fingerprint density at radius 1 is 1.15 bits per heavy atom. The zero-order valence-corrected chi connectivity index (χ0v) is 15.1. The zero-order chi connectivity index (χ0) is 18.7. The van der Waals surface area contributed by atoms with Crippen molar-refractivity contribution in [2.75, 3.05) is 29.8 Å². The summed E-state index contributed by atoms with van der Waals surface area (Å²) in [6, 6.07) is 9.09. The summed E-state index contributed by atoms with van der Waals surface area (Å²) in [6.45, 7) is 1.68. The fourth-order valence-electron chi connectivity index (χ4n) is 3.00. The number of ether oxygens (including phenoxy) is 1. The van der Waals surface area contributed by atoms with Crippen molar-refractivity contribution < 1.29 is 21.9 Å². The Labute approximate surface area is 151 Å². The maximum absolute atomic E-state index is 13.7. The molecule has 0 aromatic heterocycles. The average Bonchev–Trinajstić information content (AvgIpc) is 2.64. The standard InChI is InChI=1S/C18H20F2N2O3S/c1-25-16-3-2-10-22(12-16)15-7-5-14(6-8-15)21-26(23,24)18-11-13(19)4-9-17(18)20/h4-9,11,16,21H,2-3,10,12H2,1H3. The Kier molecular flexibility index (Phi) is 5.43. The molecule has 1 N–H and O–H groups in total. The second-order valence-corrected chi connectivity index (χ2v) is 7.82. The highest BCUT2D eigenvalue weighted by Crippen LogP contribution is 2.25. The van der Waals surface area contributed by atoms with Crippen LogP contribution in [0, 0.1) is 11.6 Å². The van der Waals surface area contributed by atoms with Gasteiger partial charge in [0.15, 0.2) is 0 Å². The molecule has 0 saturated carbocycles. The van der Waals surface area contributed by atoms with Crippen molar-refractivity contribution in [1.82, 2.24) is 0 Å². The minimum absolute atomic E-state index is 0.179. The van der Waals surface area contributed by atoms with Crippen molar-refractivity contribution in [3.05, 3.63) is 54.1 Å². The van der Waals surface area contributed by atoms with Crippen LogP contribution in [-0.4, -0.2) is 34.7 Å². The second-order valence-electron chi connectivity index (χ2n) is 6.17. The lowest BCUT2D eigenvalue weighted by atomic mass is 10.1. The van der Waals surface area contributed by atoms with Crippen molar-refractivity contribution in [3.8, 4) is 0 Å². The van der Waals surface area contributed by atoms with Gasteiger partial charge in [0.2, 0.25) is 0 Å². The van der Waals surface area contributed by atoms with Crippen LogP contribution < -0.4 is 9.62 Å². The molecule has 0 bridgehead atoms. The van der Waals surface area contributed by atoms with Gasteiger partial charge in [-0.2, -0.15) is 0 Å². The van der Waals surface area contributed by atoms with E-state index in [0.717, 1.165) is 43.8 Å². The minimum Gasteiger partial charge on any atom is -0.380 e. The number of sulfonamides is 1. The Bertz CT molecular complexity index is 873. The van der Waals surface area contributed by atoms with Crippen molar-refractivity contribution in [3.63, 3.8) is 0 Å². The molecule has 2 aromatic rings. The minimum atomic E-state index is -4.22. The first-order valence-corrected chi connectivity index (χ1v) is 9.73. The third-order valence-electron chi connectivity index (χ3n) is 4.38. The summed E-state index contributed by atoms with van der Waals surface area (Å²) in [4.78, 5) is 1.45. The van der Waals surface area contributed by atoms with E-state index >= 15 is 0 Å². The third kappa shape index (κ3) is 4.13. The summed E-state index contributed by atoms with van der Waals surface area (Å²) in [6.07, 6.45) is 2.22. The van der Waals surface area contributed by atoms with Crippen LogP contribution >= 0.6 is 0 Å². The Morgan fingerprint density at radius 2 is 1.88 bits per heavy atom. The Morgan fingerprint density at radius 3 is 2.58 bits per heavy atom. The van der Waals surface area contributed by atoms with E-state index in [-0.39, 0.29) is 11.8 Å². The van der Waals surface area contributed by atoms with Crippen molar-refractivity contribution in [2.24, 2.45) is 0 Å². The number of anilines is 2. The summed E-state index contributed by atoms with van der Waals surface area (Å²) in [5.41, 5.74) is 1.23. The quantitative estimate of drug-likeness (QED) is 0.861. The summed E-state index contributed by atoms with van der Waals surface area (Å²) >= 11 is 0. The van der Waals surface area contributed by atoms with E-state index in [2.05, 4.69) is 9.62 Å². The molecule has 1 atom stereocenters. The fraction of sp³-hybridized carbons (Fsp3) is 0.333. The smallest absolute Gasteiger partial charge is 0.264 e. The molecule has 140 valence electrons. The molecule has 3 rings (SSSR count). The van der Waals surface area contributed by atoms with Gasteiger partial charge in [-0.05, 0) is 55.3 Å². The van der Waals surface area contributed by atoms with Gasteiger partial charge >= 0.3 is 0 Å². The van der Waals surface area contributed by atoms with Crippen LogP contribution in [0.4, 0.5) is 20.2 Å². The summed E-state index contributed by atoms with van der Waals surface area (Å²) in [5, 5.41) is 0. The van der Waals surface area contributed by atoms with E-state index in [9.17, 15) is 17.2 Å². The predicted octanol–water partition coefficient (Wildman–Crippen LogP) is 3.38. The maximum atomic E-state index is 13.7. The van der Waals surface area contributed by atoms with Gasteiger partial charge in [-0.15, -0.1) is 0 Å². The molecule has 0 aliphatic carbocycles. The number of hydrogen-bond donors (Lipinski definition) is 1. The largest absolute Gasteiger partial charge is 0.380 e. The van der Waals surface area contributed by atoms with Crippen molar-refractivity contribution in [2.45, 2.75) is 23.8 Å². The van der Waals surface area contributed by atoms with Crippen LogP contribution in [0.5, 0.6) is 0 Å². The maximum Gasteiger partial charge on any atom is 0.264 e. The molecule has 0 radical (unpaired) electrons. The van der Waals surface area contributed by atoms with Crippen LogP contribution in [-0.2, 0) is 14.8 Å². The molecule has 1 heterocycles. The monoisotopic (exact) mass is 382 g/mol. The van der Waals surface area contributed by atoms with Gasteiger partial charge in [0.05, 0.1) is 6.10 Å². The van der Waals surface area contributed by atoms with E-state index in [1.54, 1.807) is 31.4 Å². The molecule has 0 amide bonds. The second kappa shape index (κ2) is 7.59. The third-order valence-corrected chi connectivity index (χ3v) is 5.78. The van der Waals surface area contributed by atoms with Crippen LogP contribution in [0.1, 0.15) is 12.8 Å². The van der Waals surface area contributed by atoms with E-state index in [4.69, 9.17) is 4.74 Å². The molecular formula is C18H20F2N2O3S. The van der Waals surface area contributed by atoms with Gasteiger partial charge in [-0.25, -0.2) is 17.2 Å². The lowest BCUT2D eigenvalue weighted by Gasteiger charge is -2.33. The van der Waals surface area contributed by atoms with Gasteiger partial charge in [0, 0.05) is 31.6 Å². The highest BCUT2D eigenvalue weighted by Gasteiger charge is 2.21. The van der Waals surface area contributed by atoms with Crippen molar-refractivity contribution in [1.29, 1.82) is 0 Å². The first-order chi connectivity index (χ1) is 12.4. The molecular weight excluding hydrogens is 362 g/mol. The van der Waals surface area contributed by atoms with Crippen LogP contribution in [0.25, 0.3) is 0 Å². The van der Waals surface area contributed by atoms with E-state index in [0.29, 0.717) is 6.07 Å². The van der Waals surface area contributed by atoms with Crippen LogP contribution in [0.15, 0.2) is 47.4 Å². The van der Waals surface area contributed by atoms with Gasteiger partial charge in [0.25, 0.3) is 10.0 Å². The fourth-order valence-corrected chi connectivity index (χ4v) is 4.15. The zero-order valence-electron chi connectivity index (χ0n) is 14.3. The number of methoxy groups -OCH3 is 1. The van der Waals surface area contributed by atoms with Gasteiger partial charge in [-0.1, -0.05) is 0 Å². The topological polar surface area (TPSA) is 58.6 Å². The highest BCUT2D eigenvalue weighted by atomic mass is 32.2. The molecule has 1 unspecified atom stereocenters. The number of nitrogens with zero attached hydrogens (tertiary/aromatic N) is 1. The van der Waals surface area contributed by atoms with E-state index in [1.165, 1.54) is 0 Å². The number of hydrogen-bond acceptors (Lipinski definition) is 4. The van der Waals surface area contributed by atoms with E-state index in [1.807, 2.05) is 0 Å². The first-order valence-electron chi connectivity index (χ1n) is 8.25. The average molecular weight is 382 g/mol. The molecule has 1 aliphatic rings. The normalized spacial score (nSPS) is 18.0. The number of benzene rings is 2. The molecule has 1 saturated heterocycles.